The van der Waals surface area contributed by atoms with Crippen molar-refractivity contribution < 1.29 is 0 Å². The highest BCUT2D eigenvalue weighted by atomic mass is 79.9. The fourth-order valence-electron chi connectivity index (χ4n) is 3.46. The van der Waals surface area contributed by atoms with Gasteiger partial charge in [0.1, 0.15) is 0 Å². The Morgan fingerprint density at radius 1 is 1.47 bits per heavy atom. The summed E-state index contributed by atoms with van der Waals surface area (Å²) >= 11 is 3.68. The molecule has 3 unspecified atom stereocenters. The maximum atomic E-state index is 4.50. The summed E-state index contributed by atoms with van der Waals surface area (Å²) in [6, 6.07) is 0.572. The average molecular weight is 328 g/mol. The highest BCUT2D eigenvalue weighted by Crippen LogP contribution is 2.36. The Bertz CT molecular complexity index is 427. The van der Waals surface area contributed by atoms with Gasteiger partial charge in [-0.3, -0.25) is 4.68 Å². The Balaban J connectivity index is 2.07. The van der Waals surface area contributed by atoms with Gasteiger partial charge in [0.15, 0.2) is 0 Å². The summed E-state index contributed by atoms with van der Waals surface area (Å²) in [7, 11) is 4.14. The van der Waals surface area contributed by atoms with E-state index in [1.807, 2.05) is 11.7 Å². The van der Waals surface area contributed by atoms with Gasteiger partial charge in [-0.15, -0.1) is 0 Å². The number of likely N-dealkylation sites (N-methyl/N-ethyl adjacent to an activating group) is 1. The van der Waals surface area contributed by atoms with Crippen LogP contribution in [0.3, 0.4) is 0 Å². The molecule has 4 heteroatoms. The fourth-order valence-corrected chi connectivity index (χ4v) is 3.96. The molecule has 0 bridgehead atoms. The zero-order valence-corrected chi connectivity index (χ0v) is 14.1. The van der Waals surface area contributed by atoms with E-state index in [1.54, 1.807) is 0 Å². The van der Waals surface area contributed by atoms with Crippen LogP contribution in [0.1, 0.15) is 44.0 Å². The van der Waals surface area contributed by atoms with Gasteiger partial charge in [0.05, 0.1) is 15.9 Å². The van der Waals surface area contributed by atoms with Crippen molar-refractivity contribution in [1.29, 1.82) is 0 Å². The fraction of sp³-hybridized carbons (Fsp3) is 0.800. The van der Waals surface area contributed by atoms with Crippen LogP contribution >= 0.6 is 15.9 Å². The number of aryl methyl sites for hydroxylation is 2. The van der Waals surface area contributed by atoms with Crippen molar-refractivity contribution in [2.45, 2.75) is 52.0 Å². The summed E-state index contributed by atoms with van der Waals surface area (Å²) in [5.74, 6) is 1.76. The van der Waals surface area contributed by atoms with Gasteiger partial charge in [0.2, 0.25) is 0 Å². The first-order valence-electron chi connectivity index (χ1n) is 7.42. The molecular formula is C15H26BrN3. The summed E-state index contributed by atoms with van der Waals surface area (Å²) in [5.41, 5.74) is 2.40. The minimum atomic E-state index is 0.572. The smallest absolute Gasteiger partial charge is 0.0738 e. The minimum absolute atomic E-state index is 0.572. The first kappa shape index (κ1) is 15.0. The van der Waals surface area contributed by atoms with E-state index < -0.39 is 0 Å². The molecule has 108 valence electrons. The Hall–Kier alpha value is -0.350. The molecule has 0 amide bonds. The van der Waals surface area contributed by atoms with E-state index >= 15 is 0 Å². The van der Waals surface area contributed by atoms with Crippen LogP contribution in [0, 0.1) is 18.8 Å². The molecule has 1 aromatic rings. The van der Waals surface area contributed by atoms with Crippen molar-refractivity contribution in [3.05, 3.63) is 15.9 Å². The van der Waals surface area contributed by atoms with E-state index in [1.165, 1.54) is 35.8 Å². The van der Waals surface area contributed by atoms with Gasteiger partial charge >= 0.3 is 0 Å². The first-order valence-corrected chi connectivity index (χ1v) is 8.21. The SMILES string of the molecule is CCC1CCC(C(Cc2c(Br)c(C)nn2C)NC)C1. The topological polar surface area (TPSA) is 29.9 Å². The third-order valence-corrected chi connectivity index (χ3v) is 5.81. The van der Waals surface area contributed by atoms with Crippen LogP contribution in [0.5, 0.6) is 0 Å². The Labute approximate surface area is 125 Å². The van der Waals surface area contributed by atoms with Gasteiger partial charge in [-0.05, 0) is 54.6 Å². The lowest BCUT2D eigenvalue weighted by Crippen LogP contribution is -2.35. The quantitative estimate of drug-likeness (QED) is 0.897. The standard InChI is InChI=1S/C15H26BrN3/c1-5-11-6-7-12(8-11)13(17-3)9-14-15(16)10(2)18-19(14)4/h11-13,17H,5-9H2,1-4H3. The monoisotopic (exact) mass is 327 g/mol. The molecule has 0 aromatic carbocycles. The second-order valence-electron chi connectivity index (χ2n) is 5.92. The molecule has 3 nitrogen and oxygen atoms in total. The molecule has 1 saturated carbocycles. The zero-order valence-electron chi connectivity index (χ0n) is 12.5. The van der Waals surface area contributed by atoms with Crippen LogP contribution in [0.2, 0.25) is 0 Å². The number of aromatic nitrogens is 2. The molecule has 0 spiro atoms. The van der Waals surface area contributed by atoms with Crippen LogP contribution < -0.4 is 5.32 Å². The van der Waals surface area contributed by atoms with Crippen LogP contribution in [0.15, 0.2) is 4.47 Å². The van der Waals surface area contributed by atoms with Crippen molar-refractivity contribution in [1.82, 2.24) is 15.1 Å². The van der Waals surface area contributed by atoms with Gasteiger partial charge in [0, 0.05) is 19.5 Å². The summed E-state index contributed by atoms with van der Waals surface area (Å²) in [5, 5.41) is 8.04. The number of nitrogens with one attached hydrogen (secondary N) is 1. The Kier molecular flexibility index (Phi) is 5.07. The van der Waals surface area contributed by atoms with E-state index in [4.69, 9.17) is 0 Å². The summed E-state index contributed by atoms with van der Waals surface area (Å²) < 4.78 is 3.20. The lowest BCUT2D eigenvalue weighted by atomic mass is 9.92. The highest BCUT2D eigenvalue weighted by molar-refractivity contribution is 9.10. The Morgan fingerprint density at radius 2 is 2.21 bits per heavy atom. The molecule has 19 heavy (non-hydrogen) atoms. The van der Waals surface area contributed by atoms with Gasteiger partial charge in [0.25, 0.3) is 0 Å². The largest absolute Gasteiger partial charge is 0.316 e. The summed E-state index contributed by atoms with van der Waals surface area (Å²) in [4.78, 5) is 0. The average Bonchev–Trinajstić information content (AvgIpc) is 2.95. The molecule has 1 aliphatic rings. The number of nitrogens with zero attached hydrogens (tertiary/aromatic N) is 2. The number of hydrogen-bond donors (Lipinski definition) is 1. The highest BCUT2D eigenvalue weighted by Gasteiger charge is 2.30. The normalized spacial score (nSPS) is 24.9. The van der Waals surface area contributed by atoms with E-state index in [9.17, 15) is 0 Å². The van der Waals surface area contributed by atoms with Crippen LogP contribution in [0.25, 0.3) is 0 Å². The van der Waals surface area contributed by atoms with Crippen molar-refractivity contribution in [3.8, 4) is 0 Å². The van der Waals surface area contributed by atoms with Crippen molar-refractivity contribution in [2.75, 3.05) is 7.05 Å². The maximum absolute atomic E-state index is 4.50. The van der Waals surface area contributed by atoms with Gasteiger partial charge in [-0.25, -0.2) is 0 Å². The van der Waals surface area contributed by atoms with Crippen molar-refractivity contribution >= 4 is 15.9 Å². The second kappa shape index (κ2) is 6.40. The molecule has 0 saturated heterocycles. The van der Waals surface area contributed by atoms with Crippen LogP contribution in [-0.2, 0) is 13.5 Å². The minimum Gasteiger partial charge on any atom is -0.316 e. The lowest BCUT2D eigenvalue weighted by molar-refractivity contribution is 0.356. The van der Waals surface area contributed by atoms with Crippen molar-refractivity contribution in [2.24, 2.45) is 18.9 Å². The van der Waals surface area contributed by atoms with Gasteiger partial charge < -0.3 is 5.32 Å². The first-order chi connectivity index (χ1) is 9.06. The summed E-state index contributed by atoms with van der Waals surface area (Å²) in [6.45, 7) is 4.38. The molecule has 1 fully saturated rings. The second-order valence-corrected chi connectivity index (χ2v) is 6.71. The van der Waals surface area contributed by atoms with E-state index in [2.05, 4.69) is 47.2 Å². The molecule has 1 N–H and O–H groups in total. The lowest BCUT2D eigenvalue weighted by Gasteiger charge is -2.23. The molecule has 0 aliphatic heterocycles. The van der Waals surface area contributed by atoms with Gasteiger partial charge in [-0.1, -0.05) is 19.8 Å². The van der Waals surface area contributed by atoms with Crippen LogP contribution in [0.4, 0.5) is 0 Å². The molecule has 3 atom stereocenters. The number of hydrogen-bond acceptors (Lipinski definition) is 2. The van der Waals surface area contributed by atoms with E-state index in [0.29, 0.717) is 6.04 Å². The third kappa shape index (κ3) is 3.22. The third-order valence-electron chi connectivity index (χ3n) is 4.77. The molecule has 2 rings (SSSR count). The van der Waals surface area contributed by atoms with Gasteiger partial charge in [-0.2, -0.15) is 5.10 Å². The van der Waals surface area contributed by atoms with E-state index in [0.717, 1.165) is 24.0 Å². The molecule has 1 heterocycles. The molecule has 1 aliphatic carbocycles. The van der Waals surface area contributed by atoms with E-state index in [-0.39, 0.29) is 0 Å². The van der Waals surface area contributed by atoms with Crippen molar-refractivity contribution in [3.63, 3.8) is 0 Å². The zero-order chi connectivity index (χ0) is 14.0. The number of halogens is 1. The van der Waals surface area contributed by atoms with Crippen LogP contribution in [-0.4, -0.2) is 22.9 Å². The predicted molar refractivity (Wildman–Crippen MR) is 83.3 cm³/mol. The maximum Gasteiger partial charge on any atom is 0.0738 e. The molecular weight excluding hydrogens is 302 g/mol. The molecule has 1 aromatic heterocycles. The predicted octanol–water partition coefficient (Wildman–Crippen LogP) is 3.45. The summed E-state index contributed by atoms with van der Waals surface area (Å²) in [6.07, 6.45) is 6.57. The Morgan fingerprint density at radius 3 is 2.68 bits per heavy atom. The molecule has 0 radical (unpaired) electrons. The number of rotatable bonds is 5.